The molecule has 0 saturated carbocycles. The first-order valence-corrected chi connectivity index (χ1v) is 9.59. The van der Waals surface area contributed by atoms with Crippen LogP contribution in [0.3, 0.4) is 0 Å². The second kappa shape index (κ2) is 8.38. The first kappa shape index (κ1) is 20.7. The van der Waals surface area contributed by atoms with Gasteiger partial charge in [0.05, 0.1) is 21.8 Å². The van der Waals surface area contributed by atoms with Crippen LogP contribution in [0.15, 0.2) is 52.5 Å². The van der Waals surface area contributed by atoms with Gasteiger partial charge in [-0.2, -0.15) is 10.2 Å². The van der Waals surface area contributed by atoms with Gasteiger partial charge in [0, 0.05) is 25.3 Å². The van der Waals surface area contributed by atoms with E-state index in [-0.39, 0.29) is 16.1 Å². The number of aromatic carboxylic acids is 1. The molecule has 0 spiro atoms. The summed E-state index contributed by atoms with van der Waals surface area (Å²) in [5, 5.41) is 15.4. The first-order valence-electron chi connectivity index (χ1n) is 7.77. The van der Waals surface area contributed by atoms with E-state index in [4.69, 9.17) is 11.6 Å². The van der Waals surface area contributed by atoms with Crippen molar-refractivity contribution in [3.8, 4) is 0 Å². The van der Waals surface area contributed by atoms with Crippen LogP contribution in [0.1, 0.15) is 17.3 Å². The highest BCUT2D eigenvalue weighted by Crippen LogP contribution is 2.27. The summed E-state index contributed by atoms with van der Waals surface area (Å²) < 4.78 is 25.6. The minimum absolute atomic E-state index is 0.128. The number of benzene rings is 2. The monoisotopic (exact) mass is 410 g/mol. The minimum atomic E-state index is -3.78. The van der Waals surface area contributed by atoms with Gasteiger partial charge in [-0.05, 0) is 43.3 Å². The van der Waals surface area contributed by atoms with Crippen molar-refractivity contribution in [2.75, 3.05) is 24.6 Å². The summed E-state index contributed by atoms with van der Waals surface area (Å²) in [7, 11) is -1.03. The van der Waals surface area contributed by atoms with Crippen LogP contribution in [0, 0.1) is 0 Å². The molecule has 0 aliphatic carbocycles. The lowest BCUT2D eigenvalue weighted by molar-refractivity contribution is 0.0697. The number of sulfonamides is 1. The molecule has 2 N–H and O–H groups in total. The van der Waals surface area contributed by atoms with Crippen LogP contribution in [0.5, 0.6) is 0 Å². The molecule has 2 rings (SSSR count). The topological polar surface area (TPSA) is 102 Å². The highest BCUT2D eigenvalue weighted by molar-refractivity contribution is 7.89. The molecule has 144 valence electrons. The molecule has 0 aliphatic heterocycles. The van der Waals surface area contributed by atoms with Gasteiger partial charge in [-0.1, -0.05) is 17.7 Å². The van der Waals surface area contributed by atoms with Gasteiger partial charge >= 0.3 is 5.97 Å². The molecule has 10 heteroatoms. The van der Waals surface area contributed by atoms with Gasteiger partial charge in [0.2, 0.25) is 10.0 Å². The number of nitrogens with zero attached hydrogens (tertiary/aromatic N) is 3. The average Bonchev–Trinajstić information content (AvgIpc) is 2.60. The Morgan fingerprint density at radius 2 is 1.93 bits per heavy atom. The van der Waals surface area contributed by atoms with Gasteiger partial charge in [-0.25, -0.2) is 17.5 Å². The molecule has 2 aromatic carbocycles. The summed E-state index contributed by atoms with van der Waals surface area (Å²) in [5.41, 5.74) is 3.46. The number of carbonyl (C=O) groups is 1. The summed E-state index contributed by atoms with van der Waals surface area (Å²) in [4.78, 5) is 11.6. The second-order valence-corrected chi connectivity index (χ2v) is 8.17. The van der Waals surface area contributed by atoms with Gasteiger partial charge < -0.3 is 5.11 Å². The zero-order valence-corrected chi connectivity index (χ0v) is 16.5. The number of nitrogens with one attached hydrogen (secondary N) is 1. The predicted molar refractivity (Wildman–Crippen MR) is 106 cm³/mol. The highest BCUT2D eigenvalue weighted by Gasteiger charge is 2.23. The Balaban J connectivity index is 2.54. The third-order valence-electron chi connectivity index (χ3n) is 3.50. The molecular formula is C17H19ClN4O4S. The summed E-state index contributed by atoms with van der Waals surface area (Å²) in [5.74, 6) is -1.29. The molecule has 0 aromatic heterocycles. The summed E-state index contributed by atoms with van der Waals surface area (Å²) >= 11 is 5.97. The van der Waals surface area contributed by atoms with Crippen LogP contribution in [-0.4, -0.2) is 44.1 Å². The lowest BCUT2D eigenvalue weighted by Gasteiger charge is -2.23. The van der Waals surface area contributed by atoms with Gasteiger partial charge in [-0.15, -0.1) is 0 Å². The van der Waals surface area contributed by atoms with Crippen LogP contribution in [0.2, 0.25) is 5.02 Å². The van der Waals surface area contributed by atoms with Gasteiger partial charge in [0.15, 0.2) is 0 Å². The van der Waals surface area contributed by atoms with Crippen molar-refractivity contribution in [1.29, 1.82) is 0 Å². The van der Waals surface area contributed by atoms with Crippen LogP contribution in [0.25, 0.3) is 0 Å². The van der Waals surface area contributed by atoms with E-state index in [0.717, 1.165) is 10.4 Å². The Bertz CT molecular complexity index is 977. The molecule has 0 fully saturated rings. The Morgan fingerprint density at radius 1 is 1.22 bits per heavy atom. The van der Waals surface area contributed by atoms with E-state index in [1.54, 1.807) is 31.2 Å². The molecule has 0 atom stereocenters. The maximum Gasteiger partial charge on any atom is 0.338 e. The second-order valence-electron chi connectivity index (χ2n) is 5.58. The Morgan fingerprint density at radius 3 is 2.48 bits per heavy atom. The molecule has 2 aromatic rings. The summed E-state index contributed by atoms with van der Waals surface area (Å²) in [6.07, 6.45) is 1.47. The third-order valence-corrected chi connectivity index (χ3v) is 5.54. The number of hydrogen-bond donors (Lipinski definition) is 2. The van der Waals surface area contributed by atoms with Crippen LogP contribution < -0.4 is 10.5 Å². The number of hydrazine groups is 1. The normalized spacial score (nSPS) is 11.7. The standard InChI is InChI=1S/C17H19ClN4O4S/c1-4-19-22(20-13-7-5-6-12(18)10-13)16-9-8-14(11-15(16)17(23)24)27(25,26)21(2)3/h4-11,20H,1-3H3,(H,23,24)/b19-4+. The van der Waals surface area contributed by atoms with Crippen molar-refractivity contribution in [2.45, 2.75) is 11.8 Å². The zero-order chi connectivity index (χ0) is 20.2. The maximum absolute atomic E-state index is 12.3. The highest BCUT2D eigenvalue weighted by atomic mass is 35.5. The Hall–Kier alpha value is -2.62. The zero-order valence-electron chi connectivity index (χ0n) is 14.9. The Kier molecular flexibility index (Phi) is 6.42. The van der Waals surface area contributed by atoms with Crippen molar-refractivity contribution in [2.24, 2.45) is 5.10 Å². The fourth-order valence-corrected chi connectivity index (χ4v) is 3.31. The number of hydrogen-bond acceptors (Lipinski definition) is 6. The number of anilines is 2. The summed E-state index contributed by atoms with van der Waals surface area (Å²) in [6.45, 7) is 1.66. The third kappa shape index (κ3) is 4.76. The van der Waals surface area contributed by atoms with E-state index in [0.29, 0.717) is 10.7 Å². The number of carboxylic acid groups (broad SMARTS) is 1. The number of halogens is 1. The summed E-state index contributed by atoms with van der Waals surface area (Å²) in [6, 6.07) is 10.6. The predicted octanol–water partition coefficient (Wildman–Crippen LogP) is 3.13. The molecule has 0 unspecified atom stereocenters. The molecule has 0 aliphatic rings. The van der Waals surface area contributed by atoms with Gasteiger partial charge in [0.25, 0.3) is 0 Å². The molecule has 0 radical (unpaired) electrons. The molecular weight excluding hydrogens is 392 g/mol. The molecule has 0 saturated heterocycles. The molecule has 8 nitrogen and oxygen atoms in total. The first-order chi connectivity index (χ1) is 12.7. The van der Waals surface area contributed by atoms with E-state index in [1.165, 1.54) is 37.6 Å². The van der Waals surface area contributed by atoms with Crippen molar-refractivity contribution in [3.63, 3.8) is 0 Å². The van der Waals surface area contributed by atoms with Crippen molar-refractivity contribution >= 4 is 45.2 Å². The van der Waals surface area contributed by atoms with Crippen LogP contribution in [-0.2, 0) is 10.0 Å². The van der Waals surface area contributed by atoms with E-state index in [1.807, 2.05) is 0 Å². The minimum Gasteiger partial charge on any atom is -0.478 e. The lowest BCUT2D eigenvalue weighted by atomic mass is 10.2. The van der Waals surface area contributed by atoms with Crippen molar-refractivity contribution in [3.05, 3.63) is 53.1 Å². The van der Waals surface area contributed by atoms with Crippen LogP contribution >= 0.6 is 11.6 Å². The smallest absolute Gasteiger partial charge is 0.338 e. The largest absolute Gasteiger partial charge is 0.478 e. The Labute approximate surface area is 162 Å². The lowest BCUT2D eigenvalue weighted by Crippen LogP contribution is -2.27. The van der Waals surface area contributed by atoms with Crippen LogP contribution in [0.4, 0.5) is 11.4 Å². The number of carboxylic acids is 1. The molecule has 27 heavy (non-hydrogen) atoms. The quantitative estimate of drug-likeness (QED) is 0.537. The van der Waals surface area contributed by atoms with Crippen molar-refractivity contribution in [1.82, 2.24) is 4.31 Å². The fourth-order valence-electron chi connectivity index (χ4n) is 2.19. The van der Waals surface area contributed by atoms with E-state index >= 15 is 0 Å². The maximum atomic E-state index is 12.3. The van der Waals surface area contributed by atoms with Crippen molar-refractivity contribution < 1.29 is 18.3 Å². The van der Waals surface area contributed by atoms with E-state index in [2.05, 4.69) is 10.5 Å². The van der Waals surface area contributed by atoms with Gasteiger partial charge in [-0.3, -0.25) is 5.43 Å². The number of rotatable bonds is 7. The molecule has 0 amide bonds. The van der Waals surface area contributed by atoms with Gasteiger partial charge in [0.1, 0.15) is 0 Å². The number of hydrazone groups is 1. The van der Waals surface area contributed by atoms with E-state index < -0.39 is 16.0 Å². The fraction of sp³-hybridized carbons (Fsp3) is 0.176. The average molecular weight is 411 g/mol. The molecule has 0 bridgehead atoms. The SMILES string of the molecule is C/C=N/N(Nc1cccc(Cl)c1)c1ccc(S(=O)(=O)N(C)C)cc1C(=O)O. The molecule has 0 heterocycles. The van der Waals surface area contributed by atoms with E-state index in [9.17, 15) is 18.3 Å².